The summed E-state index contributed by atoms with van der Waals surface area (Å²) in [5.41, 5.74) is -2.65. The van der Waals surface area contributed by atoms with Crippen LogP contribution in [0.15, 0.2) is 33.9 Å². The van der Waals surface area contributed by atoms with E-state index in [-0.39, 0.29) is 5.15 Å². The molecule has 0 saturated heterocycles. The van der Waals surface area contributed by atoms with Gasteiger partial charge < -0.3 is 0 Å². The quantitative estimate of drug-likeness (QED) is 0.788. The number of rotatable bonds is 1. The predicted molar refractivity (Wildman–Crippen MR) is 57.6 cm³/mol. The smallest absolute Gasteiger partial charge is 0.297 e. The van der Waals surface area contributed by atoms with Gasteiger partial charge in [0.25, 0.3) is 5.56 Å². The van der Waals surface area contributed by atoms with Crippen molar-refractivity contribution in [2.75, 3.05) is 0 Å². The van der Waals surface area contributed by atoms with E-state index in [4.69, 9.17) is 11.6 Å². The topological polar surface area (TPSA) is 54.9 Å². The summed E-state index contributed by atoms with van der Waals surface area (Å²) in [6.45, 7) is 0. The molecule has 1 heterocycles. The minimum absolute atomic E-state index is 0.201. The summed E-state index contributed by atoms with van der Waals surface area (Å²) in [7, 11) is 0. The summed E-state index contributed by atoms with van der Waals surface area (Å²) in [4.78, 5) is 25.0. The monoisotopic (exact) mass is 258 g/mol. The summed E-state index contributed by atoms with van der Waals surface area (Å²) in [6, 6.07) is 3.87. The zero-order valence-electron chi connectivity index (χ0n) is 8.21. The van der Waals surface area contributed by atoms with Crippen molar-refractivity contribution in [3.05, 3.63) is 61.9 Å². The number of H-pyrrole nitrogens is 1. The van der Waals surface area contributed by atoms with Gasteiger partial charge in [0.1, 0.15) is 22.5 Å². The lowest BCUT2D eigenvalue weighted by molar-refractivity contribution is 0.562. The fourth-order valence-electron chi connectivity index (χ4n) is 1.38. The number of hydrogen-bond donors (Lipinski definition) is 1. The molecule has 1 aromatic carbocycles. The van der Waals surface area contributed by atoms with E-state index in [0.717, 1.165) is 24.3 Å². The molecule has 1 N–H and O–H groups in total. The average Bonchev–Trinajstić information content (AvgIpc) is 2.21. The van der Waals surface area contributed by atoms with Crippen LogP contribution in [0, 0.1) is 11.6 Å². The number of halogens is 3. The number of hydrogen-bond acceptors (Lipinski definition) is 2. The molecule has 88 valence electrons. The van der Waals surface area contributed by atoms with Crippen LogP contribution in [0.1, 0.15) is 0 Å². The van der Waals surface area contributed by atoms with E-state index < -0.39 is 28.6 Å². The minimum Gasteiger partial charge on any atom is -0.297 e. The summed E-state index contributed by atoms with van der Waals surface area (Å²) in [6.07, 6.45) is 0. The van der Waals surface area contributed by atoms with Crippen LogP contribution in [0.4, 0.5) is 8.78 Å². The highest BCUT2D eigenvalue weighted by Gasteiger charge is 2.15. The van der Waals surface area contributed by atoms with Gasteiger partial charge in [0.15, 0.2) is 0 Å². The van der Waals surface area contributed by atoms with Gasteiger partial charge in [0.2, 0.25) is 0 Å². The van der Waals surface area contributed by atoms with Crippen molar-refractivity contribution in [2.24, 2.45) is 0 Å². The van der Waals surface area contributed by atoms with Gasteiger partial charge in [-0.05, 0) is 12.1 Å². The molecule has 0 amide bonds. The van der Waals surface area contributed by atoms with Crippen LogP contribution < -0.4 is 11.2 Å². The fraction of sp³-hybridized carbons (Fsp3) is 0. The third-order valence-electron chi connectivity index (χ3n) is 2.06. The highest BCUT2D eigenvalue weighted by atomic mass is 35.5. The Labute approximate surface area is 98.1 Å². The zero-order valence-corrected chi connectivity index (χ0v) is 8.96. The molecule has 0 radical (unpaired) electrons. The van der Waals surface area contributed by atoms with Crippen LogP contribution in [0.5, 0.6) is 0 Å². The Morgan fingerprint density at radius 1 is 1.18 bits per heavy atom. The SMILES string of the molecule is O=c1cc(Cl)[nH]c(=O)n1-c1c(F)cccc1F. The van der Waals surface area contributed by atoms with Gasteiger partial charge in [-0.3, -0.25) is 9.78 Å². The first-order valence-electron chi connectivity index (χ1n) is 4.47. The molecule has 0 aliphatic heterocycles. The van der Waals surface area contributed by atoms with Crippen LogP contribution in [-0.4, -0.2) is 9.55 Å². The highest BCUT2D eigenvalue weighted by molar-refractivity contribution is 6.29. The highest BCUT2D eigenvalue weighted by Crippen LogP contribution is 2.14. The summed E-state index contributed by atoms with van der Waals surface area (Å²) in [5.74, 6) is -2.03. The number of aromatic amines is 1. The first-order chi connectivity index (χ1) is 8.00. The van der Waals surface area contributed by atoms with Gasteiger partial charge in [-0.2, -0.15) is 0 Å². The molecule has 0 unspecified atom stereocenters. The van der Waals surface area contributed by atoms with Gasteiger partial charge >= 0.3 is 5.69 Å². The Hall–Kier alpha value is -1.95. The Bertz CT molecular complexity index is 642. The van der Waals surface area contributed by atoms with E-state index in [1.807, 2.05) is 0 Å². The van der Waals surface area contributed by atoms with E-state index in [2.05, 4.69) is 4.98 Å². The zero-order chi connectivity index (χ0) is 12.6. The van der Waals surface area contributed by atoms with Crippen molar-refractivity contribution >= 4 is 11.6 Å². The normalized spacial score (nSPS) is 10.5. The molecule has 0 aliphatic rings. The van der Waals surface area contributed by atoms with Crippen LogP contribution in [0.25, 0.3) is 5.69 Å². The van der Waals surface area contributed by atoms with E-state index >= 15 is 0 Å². The Morgan fingerprint density at radius 3 is 2.29 bits per heavy atom. The number of aromatic nitrogens is 2. The summed E-state index contributed by atoms with van der Waals surface area (Å²) >= 11 is 5.43. The Balaban J connectivity index is 2.88. The van der Waals surface area contributed by atoms with Crippen molar-refractivity contribution in [3.63, 3.8) is 0 Å². The molecular formula is C10H5ClF2N2O2. The molecule has 0 aliphatic carbocycles. The van der Waals surface area contributed by atoms with Crippen molar-refractivity contribution in [2.45, 2.75) is 0 Å². The van der Waals surface area contributed by atoms with Crippen molar-refractivity contribution < 1.29 is 8.78 Å². The van der Waals surface area contributed by atoms with Crippen LogP contribution in [-0.2, 0) is 0 Å². The van der Waals surface area contributed by atoms with Gasteiger partial charge in [0, 0.05) is 6.07 Å². The summed E-state index contributed by atoms with van der Waals surface area (Å²) < 4.78 is 27.2. The predicted octanol–water partition coefficient (Wildman–Crippen LogP) is 1.46. The maximum absolute atomic E-state index is 13.4. The number of nitrogens with one attached hydrogen (secondary N) is 1. The summed E-state index contributed by atoms with van der Waals surface area (Å²) in [5, 5.41) is -0.201. The second-order valence-corrected chi connectivity index (χ2v) is 3.57. The molecule has 0 bridgehead atoms. The number of para-hydroxylation sites is 1. The van der Waals surface area contributed by atoms with Crippen molar-refractivity contribution in [1.29, 1.82) is 0 Å². The molecule has 0 spiro atoms. The number of nitrogens with zero attached hydrogens (tertiary/aromatic N) is 1. The maximum atomic E-state index is 13.4. The lowest BCUT2D eigenvalue weighted by atomic mass is 10.3. The Morgan fingerprint density at radius 2 is 1.76 bits per heavy atom. The molecule has 4 nitrogen and oxygen atoms in total. The van der Waals surface area contributed by atoms with Crippen LogP contribution in [0.2, 0.25) is 5.15 Å². The van der Waals surface area contributed by atoms with Gasteiger partial charge in [-0.1, -0.05) is 17.7 Å². The molecule has 7 heteroatoms. The molecule has 17 heavy (non-hydrogen) atoms. The molecule has 0 fully saturated rings. The first-order valence-corrected chi connectivity index (χ1v) is 4.85. The third-order valence-corrected chi connectivity index (χ3v) is 2.26. The van der Waals surface area contributed by atoms with Gasteiger partial charge in [0.05, 0.1) is 0 Å². The van der Waals surface area contributed by atoms with Crippen molar-refractivity contribution in [1.82, 2.24) is 9.55 Å². The second kappa shape index (κ2) is 4.14. The Kier molecular flexibility index (Phi) is 2.81. The minimum atomic E-state index is -1.01. The van der Waals surface area contributed by atoms with E-state index in [1.165, 1.54) is 0 Å². The molecule has 0 atom stereocenters. The molecule has 1 aromatic heterocycles. The largest absolute Gasteiger partial charge is 0.334 e. The average molecular weight is 259 g/mol. The van der Waals surface area contributed by atoms with Crippen molar-refractivity contribution in [3.8, 4) is 5.69 Å². The molecule has 0 saturated carbocycles. The standard InChI is InChI=1S/C10H5ClF2N2O2/c11-7-4-8(16)15(10(17)14-7)9-5(12)2-1-3-6(9)13/h1-4H,(H,14,17). The molecular weight excluding hydrogens is 254 g/mol. The van der Waals surface area contributed by atoms with Gasteiger partial charge in [-0.15, -0.1) is 0 Å². The lowest BCUT2D eigenvalue weighted by Crippen LogP contribution is -2.34. The molecule has 2 rings (SSSR count). The maximum Gasteiger partial charge on any atom is 0.334 e. The van der Waals surface area contributed by atoms with Gasteiger partial charge in [-0.25, -0.2) is 18.1 Å². The van der Waals surface area contributed by atoms with E-state index in [9.17, 15) is 18.4 Å². The second-order valence-electron chi connectivity index (χ2n) is 3.17. The first kappa shape index (κ1) is 11.5. The van der Waals surface area contributed by atoms with Crippen LogP contribution >= 0.6 is 11.6 Å². The third kappa shape index (κ3) is 1.99. The van der Waals surface area contributed by atoms with E-state index in [0.29, 0.717) is 4.57 Å². The molecule has 2 aromatic rings. The van der Waals surface area contributed by atoms with Crippen LogP contribution in [0.3, 0.4) is 0 Å². The lowest BCUT2D eigenvalue weighted by Gasteiger charge is -2.06. The number of benzene rings is 1. The fourth-order valence-corrected chi connectivity index (χ4v) is 1.56. The van der Waals surface area contributed by atoms with E-state index in [1.54, 1.807) is 0 Å².